The zero-order chi connectivity index (χ0) is 18.7. The molecule has 27 heavy (non-hydrogen) atoms. The Kier molecular flexibility index (Phi) is 7.70. The summed E-state index contributed by atoms with van der Waals surface area (Å²) >= 11 is 8.72. The first-order valence-electron chi connectivity index (χ1n) is 8.52. The molecule has 0 aliphatic heterocycles. The number of aromatic nitrogens is 3. The Labute approximate surface area is 176 Å². The molecule has 0 aliphatic rings. The Hall–Kier alpha value is -1.57. The number of H-pyrrole nitrogens is 1. The van der Waals surface area contributed by atoms with Gasteiger partial charge in [0.2, 0.25) is 0 Å². The minimum absolute atomic E-state index is 0. The lowest BCUT2D eigenvalue weighted by atomic mass is 10.1. The van der Waals surface area contributed by atoms with Gasteiger partial charge in [-0.15, -0.1) is 0 Å². The molecule has 0 saturated carbocycles. The highest BCUT2D eigenvalue weighted by molar-refractivity contribution is 7.99. The zero-order valence-electron chi connectivity index (χ0n) is 15.6. The van der Waals surface area contributed by atoms with Crippen LogP contribution in [0.3, 0.4) is 0 Å². The van der Waals surface area contributed by atoms with Crippen molar-refractivity contribution >= 4 is 36.3 Å². The standard InChI is InChI=1S/C19H23N3O2S2.ClH/c1-12-16(5-4-6-18(25)26)22(10-9-17(12)24-3)19-20-14-8-7-13(23-2)11-15(14)21-19;/h7-11,18H,4-6H2,1-3H3,(H2-,20,21,25,26);1H. The molecule has 2 aromatic heterocycles. The minimum Gasteiger partial charge on any atom is -1.00 e. The van der Waals surface area contributed by atoms with Crippen LogP contribution < -0.4 is 26.4 Å². The van der Waals surface area contributed by atoms with Crippen molar-refractivity contribution in [2.45, 2.75) is 30.8 Å². The molecule has 1 N–H and O–H groups in total. The van der Waals surface area contributed by atoms with Crippen molar-refractivity contribution in [3.8, 4) is 17.4 Å². The average Bonchev–Trinajstić information content (AvgIpc) is 3.05. The highest BCUT2D eigenvalue weighted by Crippen LogP contribution is 2.23. The number of nitrogens with zero attached hydrogens (tertiary/aromatic N) is 2. The van der Waals surface area contributed by atoms with Crippen LogP contribution in [0, 0.1) is 6.92 Å². The lowest BCUT2D eigenvalue weighted by Gasteiger charge is -2.13. The number of ether oxygens (including phenoxy) is 2. The molecule has 0 bridgehead atoms. The molecular formula is C19H24ClN3O2S2. The molecule has 146 valence electrons. The normalized spacial score (nSPS) is 10.9. The SMILES string of the molecule is COc1ccc2[nH]c(-[n+]3ccc(OC)c(C)c3CCCC(S)S)nc2c1.[Cl-]. The van der Waals surface area contributed by atoms with Crippen molar-refractivity contribution in [3.05, 3.63) is 41.7 Å². The molecule has 0 amide bonds. The lowest BCUT2D eigenvalue weighted by Crippen LogP contribution is -3.00. The Bertz CT molecular complexity index is 915. The van der Waals surface area contributed by atoms with Crippen molar-refractivity contribution in [3.63, 3.8) is 0 Å². The van der Waals surface area contributed by atoms with Gasteiger partial charge in [-0.25, -0.2) is 9.55 Å². The number of halogens is 1. The monoisotopic (exact) mass is 425 g/mol. The fourth-order valence-corrected chi connectivity index (χ4v) is 3.44. The second kappa shape index (κ2) is 9.57. The van der Waals surface area contributed by atoms with Crippen LogP contribution in [0.1, 0.15) is 24.1 Å². The van der Waals surface area contributed by atoms with Crippen LogP contribution in [0.25, 0.3) is 17.0 Å². The second-order valence-electron chi connectivity index (χ2n) is 6.14. The molecule has 0 saturated heterocycles. The summed E-state index contributed by atoms with van der Waals surface area (Å²) in [5, 5.41) is 0. The topological polar surface area (TPSA) is 51.0 Å². The number of benzene rings is 1. The Morgan fingerprint density at radius 1 is 1.19 bits per heavy atom. The number of imidazole rings is 1. The summed E-state index contributed by atoms with van der Waals surface area (Å²) < 4.78 is 13.0. The third kappa shape index (κ3) is 4.83. The van der Waals surface area contributed by atoms with Gasteiger partial charge in [0.25, 0.3) is 0 Å². The van der Waals surface area contributed by atoms with Gasteiger partial charge in [-0.3, -0.25) is 0 Å². The maximum atomic E-state index is 5.50. The number of nitrogens with one attached hydrogen (secondary N) is 1. The van der Waals surface area contributed by atoms with Crippen LogP contribution in [-0.2, 0) is 6.42 Å². The lowest BCUT2D eigenvalue weighted by molar-refractivity contribution is -0.612. The molecule has 0 fully saturated rings. The molecule has 0 unspecified atom stereocenters. The molecule has 0 radical (unpaired) electrons. The molecule has 8 heteroatoms. The number of hydrogen-bond acceptors (Lipinski definition) is 5. The van der Waals surface area contributed by atoms with Crippen molar-refractivity contribution in [1.82, 2.24) is 9.97 Å². The summed E-state index contributed by atoms with van der Waals surface area (Å²) in [7, 11) is 3.35. The highest BCUT2D eigenvalue weighted by atomic mass is 35.5. The zero-order valence-corrected chi connectivity index (χ0v) is 18.1. The number of hydrogen-bond donors (Lipinski definition) is 3. The van der Waals surface area contributed by atoms with E-state index in [2.05, 4.69) is 41.7 Å². The van der Waals surface area contributed by atoms with Crippen molar-refractivity contribution in [2.24, 2.45) is 0 Å². The van der Waals surface area contributed by atoms with Gasteiger partial charge in [-0.1, -0.05) is 4.98 Å². The first kappa shape index (κ1) is 21.7. The van der Waals surface area contributed by atoms with Crippen LogP contribution in [0.4, 0.5) is 0 Å². The number of rotatable bonds is 7. The highest BCUT2D eigenvalue weighted by Gasteiger charge is 2.20. The first-order chi connectivity index (χ1) is 12.5. The quantitative estimate of drug-likeness (QED) is 0.296. The summed E-state index contributed by atoms with van der Waals surface area (Å²) in [6.45, 7) is 2.08. The van der Waals surface area contributed by atoms with Crippen molar-refractivity contribution in [1.29, 1.82) is 0 Å². The van der Waals surface area contributed by atoms with Gasteiger partial charge in [0.15, 0.2) is 5.52 Å². The van der Waals surface area contributed by atoms with E-state index < -0.39 is 0 Å². The molecule has 0 atom stereocenters. The van der Waals surface area contributed by atoms with E-state index in [0.717, 1.165) is 59.0 Å². The molecule has 0 aliphatic carbocycles. The molecular weight excluding hydrogens is 402 g/mol. The molecule has 3 rings (SSSR count). The van der Waals surface area contributed by atoms with Gasteiger partial charge in [0.1, 0.15) is 17.0 Å². The second-order valence-corrected chi connectivity index (χ2v) is 7.80. The van der Waals surface area contributed by atoms with Crippen molar-refractivity contribution < 1.29 is 26.4 Å². The maximum absolute atomic E-state index is 5.50. The van der Waals surface area contributed by atoms with Gasteiger partial charge in [0, 0.05) is 28.7 Å². The van der Waals surface area contributed by atoms with E-state index in [0.29, 0.717) is 0 Å². The smallest absolute Gasteiger partial charge is 0.402 e. The van der Waals surface area contributed by atoms with Gasteiger partial charge < -0.3 is 21.9 Å². The van der Waals surface area contributed by atoms with Crippen LogP contribution in [0.15, 0.2) is 30.5 Å². The third-order valence-corrected chi connectivity index (χ3v) is 4.99. The summed E-state index contributed by atoms with van der Waals surface area (Å²) in [6, 6.07) is 7.80. The Morgan fingerprint density at radius 3 is 2.63 bits per heavy atom. The number of fused-ring (bicyclic) bond motifs is 1. The Morgan fingerprint density at radius 2 is 1.96 bits per heavy atom. The largest absolute Gasteiger partial charge is 1.00 e. The fourth-order valence-electron chi connectivity index (χ4n) is 3.07. The summed E-state index contributed by atoms with van der Waals surface area (Å²) in [4.78, 5) is 8.14. The maximum Gasteiger partial charge on any atom is 0.402 e. The van der Waals surface area contributed by atoms with Crippen LogP contribution in [-0.4, -0.2) is 28.8 Å². The summed E-state index contributed by atoms with van der Waals surface area (Å²) in [5.41, 5.74) is 4.12. The number of thiol groups is 2. The first-order valence-corrected chi connectivity index (χ1v) is 9.55. The third-order valence-electron chi connectivity index (χ3n) is 4.47. The van der Waals surface area contributed by atoms with Crippen molar-refractivity contribution in [2.75, 3.05) is 14.2 Å². The van der Waals surface area contributed by atoms with Gasteiger partial charge in [0.05, 0.1) is 26.1 Å². The van der Waals surface area contributed by atoms with Crippen LogP contribution in [0.2, 0.25) is 0 Å². The van der Waals surface area contributed by atoms with E-state index in [1.807, 2.05) is 30.5 Å². The number of methoxy groups -OCH3 is 2. The van der Waals surface area contributed by atoms with E-state index in [1.165, 1.54) is 0 Å². The Balaban J connectivity index is 0.00000261. The number of aromatic amines is 1. The van der Waals surface area contributed by atoms with E-state index in [1.54, 1.807) is 14.2 Å². The number of pyridine rings is 1. The van der Waals surface area contributed by atoms with Gasteiger partial charge in [-0.2, -0.15) is 25.3 Å². The molecule has 3 aromatic rings. The van der Waals surface area contributed by atoms with Gasteiger partial charge in [-0.05, 0) is 31.9 Å². The molecule has 0 spiro atoms. The van der Waals surface area contributed by atoms with E-state index >= 15 is 0 Å². The minimum atomic E-state index is 0. The molecule has 1 aromatic carbocycles. The van der Waals surface area contributed by atoms with E-state index in [4.69, 9.17) is 14.5 Å². The van der Waals surface area contributed by atoms with Crippen LogP contribution in [0.5, 0.6) is 11.5 Å². The predicted molar refractivity (Wildman–Crippen MR) is 110 cm³/mol. The fraction of sp³-hybridized carbons (Fsp3) is 0.368. The summed E-state index contributed by atoms with van der Waals surface area (Å²) in [5.74, 6) is 2.45. The van der Waals surface area contributed by atoms with Gasteiger partial charge >= 0.3 is 5.95 Å². The van der Waals surface area contributed by atoms with Crippen LogP contribution >= 0.6 is 25.3 Å². The molecule has 5 nitrogen and oxygen atoms in total. The average molecular weight is 426 g/mol. The molecule has 2 heterocycles. The van der Waals surface area contributed by atoms with E-state index in [-0.39, 0.29) is 17.0 Å². The predicted octanol–water partition coefficient (Wildman–Crippen LogP) is 0.678. The van der Waals surface area contributed by atoms with E-state index in [9.17, 15) is 0 Å². The summed E-state index contributed by atoms with van der Waals surface area (Å²) in [6.07, 6.45) is 4.80.